The van der Waals surface area contributed by atoms with Gasteiger partial charge >= 0.3 is 5.97 Å². The predicted octanol–water partition coefficient (Wildman–Crippen LogP) is 2.74. The van der Waals surface area contributed by atoms with Gasteiger partial charge < -0.3 is 15.0 Å². The topological polar surface area (TPSA) is 71.3 Å². The summed E-state index contributed by atoms with van der Waals surface area (Å²) in [7, 11) is 1.76. The zero-order chi connectivity index (χ0) is 14.0. The first kappa shape index (κ1) is 13.4. The van der Waals surface area contributed by atoms with Crippen molar-refractivity contribution in [2.24, 2.45) is 7.05 Å². The molecule has 2 rings (SSSR count). The fraction of sp³-hybridized carbons (Fsp3) is 0.0769. The third kappa shape index (κ3) is 2.85. The fourth-order valence-electron chi connectivity index (χ4n) is 1.64. The summed E-state index contributed by atoms with van der Waals surface area (Å²) in [5, 5.41) is 11.6. The van der Waals surface area contributed by atoms with E-state index in [1.807, 2.05) is 0 Å². The van der Waals surface area contributed by atoms with Gasteiger partial charge in [-0.2, -0.15) is 0 Å². The first-order chi connectivity index (χ1) is 8.99. The Balaban J connectivity index is 2.28. The number of aromatic nitrogens is 1. The van der Waals surface area contributed by atoms with Gasteiger partial charge in [-0.25, -0.2) is 4.79 Å². The molecule has 0 saturated carbocycles. The van der Waals surface area contributed by atoms with Gasteiger partial charge in [-0.15, -0.1) is 0 Å². The van der Waals surface area contributed by atoms with E-state index in [9.17, 15) is 9.59 Å². The lowest BCUT2D eigenvalue weighted by Crippen LogP contribution is -2.16. The van der Waals surface area contributed by atoms with E-state index in [0.717, 1.165) is 0 Å². The number of anilines is 1. The average molecular weight is 323 g/mol. The number of hydrogen-bond acceptors (Lipinski definition) is 2. The summed E-state index contributed by atoms with van der Waals surface area (Å²) in [6, 6.07) is 7.91. The molecular weight excluding hydrogens is 312 g/mol. The lowest BCUT2D eigenvalue weighted by molar-refractivity contribution is 0.0696. The normalized spacial score (nSPS) is 10.2. The molecule has 0 atom stereocenters. The van der Waals surface area contributed by atoms with Crippen LogP contribution in [0.4, 0.5) is 5.69 Å². The molecule has 2 aromatic rings. The van der Waals surface area contributed by atoms with E-state index in [0.29, 0.717) is 15.9 Å². The zero-order valence-electron chi connectivity index (χ0n) is 10.1. The number of aryl methyl sites for hydroxylation is 1. The second-order valence-electron chi connectivity index (χ2n) is 3.96. The molecule has 0 fully saturated rings. The molecule has 98 valence electrons. The Hall–Kier alpha value is -2.08. The van der Waals surface area contributed by atoms with Crippen molar-refractivity contribution < 1.29 is 14.7 Å². The molecule has 6 heteroatoms. The number of carbonyl (C=O) groups excluding carboxylic acids is 1. The SMILES string of the molecule is Cn1cccc1C(=O)Nc1cc(C(=O)O)ccc1Br. The van der Waals surface area contributed by atoms with Crippen LogP contribution < -0.4 is 5.32 Å². The summed E-state index contributed by atoms with van der Waals surface area (Å²) in [5.74, 6) is -1.34. The van der Waals surface area contributed by atoms with E-state index >= 15 is 0 Å². The Bertz CT molecular complexity index is 649. The standard InChI is InChI=1S/C13H11BrN2O3/c1-16-6-2-3-11(16)12(17)15-10-7-8(13(18)19)4-5-9(10)14/h2-7H,1H3,(H,15,17)(H,18,19). The van der Waals surface area contributed by atoms with Crippen LogP contribution >= 0.6 is 15.9 Å². The lowest BCUT2D eigenvalue weighted by atomic mass is 10.2. The fourth-order valence-corrected chi connectivity index (χ4v) is 1.98. The Morgan fingerprint density at radius 1 is 1.32 bits per heavy atom. The highest BCUT2D eigenvalue weighted by Crippen LogP contribution is 2.24. The van der Waals surface area contributed by atoms with Crippen LogP contribution in [0.5, 0.6) is 0 Å². The summed E-state index contributed by atoms with van der Waals surface area (Å²) in [6.07, 6.45) is 1.76. The zero-order valence-corrected chi connectivity index (χ0v) is 11.6. The van der Waals surface area contributed by atoms with Crippen molar-refractivity contribution in [2.45, 2.75) is 0 Å². The molecule has 2 N–H and O–H groups in total. The van der Waals surface area contributed by atoms with Gasteiger partial charge in [0.05, 0.1) is 11.3 Å². The third-order valence-electron chi connectivity index (χ3n) is 2.64. The number of carboxylic acid groups (broad SMARTS) is 1. The molecule has 1 aromatic heterocycles. The van der Waals surface area contributed by atoms with Gasteiger partial charge in [0, 0.05) is 17.7 Å². The van der Waals surface area contributed by atoms with Gasteiger partial charge in [-0.3, -0.25) is 4.79 Å². The molecular formula is C13H11BrN2O3. The number of halogens is 1. The van der Waals surface area contributed by atoms with Crippen molar-refractivity contribution in [1.29, 1.82) is 0 Å². The van der Waals surface area contributed by atoms with E-state index in [4.69, 9.17) is 5.11 Å². The van der Waals surface area contributed by atoms with Gasteiger partial charge in [-0.1, -0.05) is 0 Å². The molecule has 19 heavy (non-hydrogen) atoms. The molecule has 0 aliphatic carbocycles. The predicted molar refractivity (Wildman–Crippen MR) is 74.5 cm³/mol. The first-order valence-corrected chi connectivity index (χ1v) is 6.24. The molecule has 0 aliphatic rings. The second kappa shape index (κ2) is 5.27. The number of benzene rings is 1. The highest BCUT2D eigenvalue weighted by molar-refractivity contribution is 9.10. The molecule has 0 bridgehead atoms. The number of aromatic carboxylic acids is 1. The maximum Gasteiger partial charge on any atom is 0.335 e. The van der Waals surface area contributed by atoms with Gasteiger partial charge in [0.2, 0.25) is 0 Å². The number of nitrogens with zero attached hydrogens (tertiary/aromatic N) is 1. The molecule has 0 radical (unpaired) electrons. The smallest absolute Gasteiger partial charge is 0.335 e. The number of nitrogens with one attached hydrogen (secondary N) is 1. The minimum absolute atomic E-state index is 0.116. The van der Waals surface area contributed by atoms with Crippen molar-refractivity contribution in [3.05, 3.63) is 52.3 Å². The van der Waals surface area contributed by atoms with E-state index in [1.54, 1.807) is 36.0 Å². The first-order valence-electron chi connectivity index (χ1n) is 5.44. The molecule has 0 aliphatic heterocycles. The van der Waals surface area contributed by atoms with Crippen LogP contribution in [-0.2, 0) is 7.05 Å². The van der Waals surface area contributed by atoms with Crippen LogP contribution in [0, 0.1) is 0 Å². The van der Waals surface area contributed by atoms with Crippen molar-refractivity contribution in [1.82, 2.24) is 4.57 Å². The Morgan fingerprint density at radius 3 is 2.63 bits per heavy atom. The van der Waals surface area contributed by atoms with Crippen molar-refractivity contribution in [3.8, 4) is 0 Å². The third-order valence-corrected chi connectivity index (χ3v) is 3.33. The van der Waals surface area contributed by atoms with Crippen molar-refractivity contribution in [2.75, 3.05) is 5.32 Å². The summed E-state index contributed by atoms with van der Waals surface area (Å²) >= 11 is 3.28. The van der Waals surface area contributed by atoms with E-state index < -0.39 is 5.97 Å². The maximum atomic E-state index is 12.0. The van der Waals surface area contributed by atoms with Crippen LogP contribution in [0.15, 0.2) is 41.0 Å². The minimum atomic E-state index is -1.04. The summed E-state index contributed by atoms with van der Waals surface area (Å²) in [6.45, 7) is 0. The lowest BCUT2D eigenvalue weighted by Gasteiger charge is -2.09. The van der Waals surface area contributed by atoms with Gasteiger partial charge in [0.25, 0.3) is 5.91 Å². The summed E-state index contributed by atoms with van der Waals surface area (Å²) in [4.78, 5) is 22.9. The van der Waals surface area contributed by atoms with E-state index in [-0.39, 0.29) is 11.5 Å². The maximum absolute atomic E-state index is 12.0. The van der Waals surface area contributed by atoms with Crippen LogP contribution in [0.25, 0.3) is 0 Å². The molecule has 0 unspecified atom stereocenters. The van der Waals surface area contributed by atoms with E-state index in [2.05, 4.69) is 21.2 Å². The van der Waals surface area contributed by atoms with Crippen LogP contribution in [0.1, 0.15) is 20.8 Å². The number of carboxylic acids is 1. The molecule has 0 spiro atoms. The van der Waals surface area contributed by atoms with Gasteiger partial charge in [0.15, 0.2) is 0 Å². The average Bonchev–Trinajstić information content (AvgIpc) is 2.78. The van der Waals surface area contributed by atoms with Crippen LogP contribution in [0.3, 0.4) is 0 Å². The summed E-state index contributed by atoms with van der Waals surface area (Å²) < 4.78 is 2.31. The summed E-state index contributed by atoms with van der Waals surface area (Å²) in [5.41, 5.74) is 1.03. The molecule has 5 nitrogen and oxygen atoms in total. The largest absolute Gasteiger partial charge is 0.478 e. The molecule has 1 heterocycles. The number of hydrogen-bond donors (Lipinski definition) is 2. The number of amides is 1. The van der Waals surface area contributed by atoms with Gasteiger partial charge in [-0.05, 0) is 46.3 Å². The minimum Gasteiger partial charge on any atom is -0.478 e. The quantitative estimate of drug-likeness (QED) is 0.912. The van der Waals surface area contributed by atoms with E-state index in [1.165, 1.54) is 12.1 Å². The number of rotatable bonds is 3. The van der Waals surface area contributed by atoms with Crippen molar-refractivity contribution in [3.63, 3.8) is 0 Å². The molecule has 0 saturated heterocycles. The van der Waals surface area contributed by atoms with Crippen molar-refractivity contribution >= 4 is 33.5 Å². The highest BCUT2D eigenvalue weighted by atomic mass is 79.9. The number of carbonyl (C=O) groups is 2. The monoisotopic (exact) mass is 322 g/mol. The Morgan fingerprint density at radius 2 is 2.05 bits per heavy atom. The Labute approximate surface area is 118 Å². The molecule has 1 aromatic carbocycles. The van der Waals surface area contributed by atoms with Crippen LogP contribution in [0.2, 0.25) is 0 Å². The Kier molecular flexibility index (Phi) is 3.71. The second-order valence-corrected chi connectivity index (χ2v) is 4.81. The van der Waals surface area contributed by atoms with Crippen LogP contribution in [-0.4, -0.2) is 21.6 Å². The highest BCUT2D eigenvalue weighted by Gasteiger charge is 2.12. The van der Waals surface area contributed by atoms with Gasteiger partial charge in [0.1, 0.15) is 5.69 Å². The molecule has 1 amide bonds.